The van der Waals surface area contributed by atoms with E-state index in [1.54, 1.807) is 11.0 Å². The minimum Gasteiger partial charge on any atom is -0.421 e. The molecule has 1 aliphatic rings. The Kier molecular flexibility index (Phi) is 5.42. The fourth-order valence-corrected chi connectivity index (χ4v) is 4.31. The van der Waals surface area contributed by atoms with Crippen LogP contribution in [0.2, 0.25) is 10.0 Å². The predicted molar refractivity (Wildman–Crippen MR) is 111 cm³/mol. The van der Waals surface area contributed by atoms with Gasteiger partial charge in [-0.3, -0.25) is 4.79 Å². The average molecular weight is 416 g/mol. The van der Waals surface area contributed by atoms with Crippen LogP contribution in [-0.2, 0) is 6.42 Å². The number of benzene rings is 2. The van der Waals surface area contributed by atoms with Gasteiger partial charge in [0.2, 0.25) is 0 Å². The molecule has 0 spiro atoms. The van der Waals surface area contributed by atoms with Crippen molar-refractivity contribution >= 4 is 40.1 Å². The van der Waals surface area contributed by atoms with E-state index in [1.807, 2.05) is 18.2 Å². The van der Waals surface area contributed by atoms with E-state index < -0.39 is 5.63 Å². The molecule has 1 fully saturated rings. The van der Waals surface area contributed by atoms with E-state index in [0.717, 1.165) is 19.3 Å². The van der Waals surface area contributed by atoms with Gasteiger partial charge < -0.3 is 9.32 Å². The molecule has 28 heavy (non-hydrogen) atoms. The molecular formula is C22H19Cl2NO3. The Hall–Kier alpha value is -2.30. The zero-order chi connectivity index (χ0) is 19.7. The highest BCUT2D eigenvalue weighted by molar-refractivity contribution is 6.38. The molecule has 2 aromatic carbocycles. The van der Waals surface area contributed by atoms with Gasteiger partial charge in [0.05, 0.1) is 5.02 Å². The molecule has 0 bridgehead atoms. The fraction of sp³-hybridized carbons (Fsp3) is 0.273. The first-order valence-electron chi connectivity index (χ1n) is 9.27. The summed E-state index contributed by atoms with van der Waals surface area (Å²) in [4.78, 5) is 27.0. The summed E-state index contributed by atoms with van der Waals surface area (Å²) in [6, 6.07) is 15.0. The molecule has 0 saturated carbocycles. The Morgan fingerprint density at radius 1 is 1.07 bits per heavy atom. The molecule has 0 atom stereocenters. The van der Waals surface area contributed by atoms with E-state index in [1.165, 1.54) is 17.7 Å². The zero-order valence-corrected chi connectivity index (χ0v) is 16.7. The number of fused-ring (bicyclic) bond motifs is 1. The van der Waals surface area contributed by atoms with Crippen LogP contribution in [0, 0.1) is 5.92 Å². The Morgan fingerprint density at radius 2 is 1.79 bits per heavy atom. The first-order valence-corrected chi connectivity index (χ1v) is 10.0. The van der Waals surface area contributed by atoms with Gasteiger partial charge in [-0.1, -0.05) is 53.5 Å². The van der Waals surface area contributed by atoms with Crippen molar-refractivity contribution in [1.82, 2.24) is 4.90 Å². The van der Waals surface area contributed by atoms with E-state index in [9.17, 15) is 9.59 Å². The number of piperidine rings is 1. The third kappa shape index (κ3) is 3.94. The quantitative estimate of drug-likeness (QED) is 0.552. The summed E-state index contributed by atoms with van der Waals surface area (Å²) in [5, 5.41) is 1.21. The molecule has 1 aliphatic heterocycles. The van der Waals surface area contributed by atoms with Crippen LogP contribution in [0.15, 0.2) is 57.7 Å². The highest BCUT2D eigenvalue weighted by atomic mass is 35.5. The summed E-state index contributed by atoms with van der Waals surface area (Å²) in [5.74, 6) is 0.238. The molecule has 1 saturated heterocycles. The van der Waals surface area contributed by atoms with Crippen LogP contribution in [0.5, 0.6) is 0 Å². The third-order valence-electron chi connectivity index (χ3n) is 5.25. The number of carbonyl (C=O) groups excluding carboxylic acids is 1. The van der Waals surface area contributed by atoms with Gasteiger partial charge in [0.25, 0.3) is 5.91 Å². The summed E-state index contributed by atoms with van der Waals surface area (Å²) in [6.45, 7) is 1.26. The molecule has 6 heteroatoms. The molecule has 3 aromatic rings. The SMILES string of the molecule is O=C(c1cc2cc(Cl)cc(Cl)c2oc1=O)N1CCC(Cc2ccccc2)CC1. The van der Waals surface area contributed by atoms with Crippen molar-refractivity contribution in [2.24, 2.45) is 5.92 Å². The number of amides is 1. The lowest BCUT2D eigenvalue weighted by Crippen LogP contribution is -2.40. The third-order valence-corrected chi connectivity index (χ3v) is 5.75. The monoisotopic (exact) mass is 415 g/mol. The number of halogens is 2. The second-order valence-electron chi connectivity index (χ2n) is 7.18. The van der Waals surface area contributed by atoms with Crippen LogP contribution in [0.25, 0.3) is 11.0 Å². The van der Waals surface area contributed by atoms with Crippen LogP contribution in [0.4, 0.5) is 0 Å². The molecule has 0 aliphatic carbocycles. The largest absolute Gasteiger partial charge is 0.421 e. The highest BCUT2D eigenvalue weighted by Crippen LogP contribution is 2.28. The number of rotatable bonds is 3. The summed E-state index contributed by atoms with van der Waals surface area (Å²) in [5.41, 5.74) is 0.908. The van der Waals surface area contributed by atoms with Crippen molar-refractivity contribution in [1.29, 1.82) is 0 Å². The molecule has 0 N–H and O–H groups in total. The Morgan fingerprint density at radius 3 is 2.50 bits per heavy atom. The Labute approximate surface area is 172 Å². The summed E-state index contributed by atoms with van der Waals surface area (Å²) in [6.07, 6.45) is 2.84. The number of hydrogen-bond donors (Lipinski definition) is 0. The molecule has 0 unspecified atom stereocenters. The second kappa shape index (κ2) is 7.98. The fourth-order valence-electron chi connectivity index (χ4n) is 3.76. The Bertz CT molecular complexity index is 1070. The minimum atomic E-state index is -0.673. The minimum absolute atomic E-state index is 0.0207. The summed E-state index contributed by atoms with van der Waals surface area (Å²) in [7, 11) is 0. The maximum Gasteiger partial charge on any atom is 0.349 e. The van der Waals surface area contributed by atoms with Gasteiger partial charge in [-0.05, 0) is 48.9 Å². The lowest BCUT2D eigenvalue weighted by molar-refractivity contribution is 0.0686. The lowest BCUT2D eigenvalue weighted by atomic mass is 9.90. The number of hydrogen-bond acceptors (Lipinski definition) is 3. The van der Waals surface area contributed by atoms with Crippen molar-refractivity contribution in [2.45, 2.75) is 19.3 Å². The first-order chi connectivity index (χ1) is 13.5. The maximum absolute atomic E-state index is 12.9. The number of nitrogens with zero attached hydrogens (tertiary/aromatic N) is 1. The van der Waals surface area contributed by atoms with E-state index in [-0.39, 0.29) is 22.1 Å². The Balaban J connectivity index is 1.49. The van der Waals surface area contributed by atoms with Gasteiger partial charge in [-0.2, -0.15) is 0 Å². The van der Waals surface area contributed by atoms with E-state index in [2.05, 4.69) is 12.1 Å². The molecule has 1 aromatic heterocycles. The van der Waals surface area contributed by atoms with Crippen LogP contribution in [0.3, 0.4) is 0 Å². The van der Waals surface area contributed by atoms with Gasteiger partial charge in [-0.15, -0.1) is 0 Å². The van der Waals surface area contributed by atoms with Crippen molar-refractivity contribution < 1.29 is 9.21 Å². The topological polar surface area (TPSA) is 50.5 Å². The average Bonchev–Trinajstić information content (AvgIpc) is 2.69. The van der Waals surface area contributed by atoms with Crippen LogP contribution in [0.1, 0.15) is 28.8 Å². The van der Waals surface area contributed by atoms with E-state index in [0.29, 0.717) is 29.4 Å². The molecule has 4 nitrogen and oxygen atoms in total. The normalized spacial score (nSPS) is 15.1. The molecule has 144 valence electrons. The molecular weight excluding hydrogens is 397 g/mol. The second-order valence-corrected chi connectivity index (χ2v) is 8.02. The lowest BCUT2D eigenvalue weighted by Gasteiger charge is -2.32. The number of likely N-dealkylation sites (tertiary alicyclic amines) is 1. The van der Waals surface area contributed by atoms with Gasteiger partial charge in [0.15, 0.2) is 5.58 Å². The van der Waals surface area contributed by atoms with Crippen molar-refractivity contribution in [3.05, 3.63) is 80.1 Å². The van der Waals surface area contributed by atoms with Gasteiger partial charge in [0, 0.05) is 23.5 Å². The standard InChI is InChI=1S/C22H19Cl2NO3/c23-17-11-16-12-18(22(27)28-20(16)19(24)13-17)21(26)25-8-6-15(7-9-25)10-14-4-2-1-3-5-14/h1-5,11-13,15H,6-10H2. The van der Waals surface area contributed by atoms with E-state index in [4.69, 9.17) is 27.6 Å². The molecule has 1 amide bonds. The molecule has 4 rings (SSSR count). The van der Waals surface area contributed by atoms with Gasteiger partial charge in [0.1, 0.15) is 5.56 Å². The smallest absolute Gasteiger partial charge is 0.349 e. The first kappa shape index (κ1) is 19.0. The molecule has 2 heterocycles. The predicted octanol–water partition coefficient (Wildman–Crippen LogP) is 5.19. The highest BCUT2D eigenvalue weighted by Gasteiger charge is 2.26. The van der Waals surface area contributed by atoms with Crippen molar-refractivity contribution in [3.63, 3.8) is 0 Å². The maximum atomic E-state index is 12.9. The van der Waals surface area contributed by atoms with Crippen molar-refractivity contribution in [2.75, 3.05) is 13.1 Å². The molecule has 0 radical (unpaired) electrons. The van der Waals surface area contributed by atoms with Crippen LogP contribution >= 0.6 is 23.2 Å². The van der Waals surface area contributed by atoms with Gasteiger partial charge in [-0.25, -0.2) is 4.79 Å². The van der Waals surface area contributed by atoms with E-state index >= 15 is 0 Å². The van der Waals surface area contributed by atoms with Gasteiger partial charge >= 0.3 is 5.63 Å². The number of carbonyl (C=O) groups is 1. The van der Waals surface area contributed by atoms with Crippen molar-refractivity contribution in [3.8, 4) is 0 Å². The summed E-state index contributed by atoms with van der Waals surface area (Å²) >= 11 is 12.1. The summed E-state index contributed by atoms with van der Waals surface area (Å²) < 4.78 is 5.30. The van der Waals surface area contributed by atoms with Crippen LogP contribution in [-0.4, -0.2) is 23.9 Å². The zero-order valence-electron chi connectivity index (χ0n) is 15.2. The van der Waals surface area contributed by atoms with Crippen LogP contribution < -0.4 is 5.63 Å².